The molecule has 0 unspecified atom stereocenters. The second-order valence-corrected chi connectivity index (χ2v) is 5.52. The molecule has 0 spiro atoms. The number of nitrogens with one attached hydrogen (secondary N) is 1. The number of nitrogen functional groups attached to an aromatic ring is 1. The Morgan fingerprint density at radius 2 is 1.83 bits per heavy atom. The molecule has 2 heterocycles. The molecule has 0 fully saturated rings. The molecule has 2 aromatic heterocycles. The van der Waals surface area contributed by atoms with Gasteiger partial charge in [-0.2, -0.15) is 0 Å². The average molecular weight is 306 g/mol. The Hall–Kier alpha value is -3.08. The van der Waals surface area contributed by atoms with Crippen LogP contribution in [0, 0.1) is 12.7 Å². The van der Waals surface area contributed by atoms with Crippen molar-refractivity contribution in [2.24, 2.45) is 0 Å². The molecule has 114 valence electrons. The van der Waals surface area contributed by atoms with Gasteiger partial charge in [0, 0.05) is 5.69 Å². The van der Waals surface area contributed by atoms with Gasteiger partial charge in [0.15, 0.2) is 5.65 Å². The van der Waals surface area contributed by atoms with Crippen molar-refractivity contribution in [3.05, 3.63) is 66.0 Å². The maximum atomic E-state index is 13.1. The lowest BCUT2D eigenvalue weighted by Gasteiger charge is -2.13. The number of nitrogens with two attached hydrogens (primary N) is 1. The molecule has 0 saturated carbocycles. The standard InChI is InChI=1S/C18H15FN4/c1-11-10-16(21-13-8-6-12(19)7-9-13)23-15-5-3-2-4-14(15)22-18(23)17(11)20/h2-10,21H,20H2,1H3. The number of rotatable bonds is 2. The molecule has 0 amide bonds. The smallest absolute Gasteiger partial charge is 0.163 e. The number of hydrogen-bond acceptors (Lipinski definition) is 3. The maximum absolute atomic E-state index is 13.1. The van der Waals surface area contributed by atoms with Gasteiger partial charge in [0.2, 0.25) is 0 Å². The summed E-state index contributed by atoms with van der Waals surface area (Å²) in [4.78, 5) is 4.63. The lowest BCUT2D eigenvalue weighted by Crippen LogP contribution is -2.03. The molecule has 0 aliphatic rings. The van der Waals surface area contributed by atoms with Gasteiger partial charge >= 0.3 is 0 Å². The van der Waals surface area contributed by atoms with Crippen LogP contribution in [0.5, 0.6) is 0 Å². The van der Waals surface area contributed by atoms with Gasteiger partial charge in [-0.25, -0.2) is 9.37 Å². The van der Waals surface area contributed by atoms with Gasteiger partial charge in [0.25, 0.3) is 0 Å². The minimum Gasteiger partial charge on any atom is -0.395 e. The van der Waals surface area contributed by atoms with Crippen molar-refractivity contribution in [2.75, 3.05) is 11.1 Å². The maximum Gasteiger partial charge on any atom is 0.163 e. The largest absolute Gasteiger partial charge is 0.395 e. The number of halogens is 1. The summed E-state index contributed by atoms with van der Waals surface area (Å²) in [5, 5.41) is 3.32. The lowest BCUT2D eigenvalue weighted by molar-refractivity contribution is 0.628. The van der Waals surface area contributed by atoms with Crippen LogP contribution in [0.1, 0.15) is 5.56 Å². The van der Waals surface area contributed by atoms with E-state index in [4.69, 9.17) is 5.73 Å². The Balaban J connectivity index is 1.98. The van der Waals surface area contributed by atoms with Crippen LogP contribution >= 0.6 is 0 Å². The fourth-order valence-electron chi connectivity index (χ4n) is 2.75. The minimum absolute atomic E-state index is 0.262. The summed E-state index contributed by atoms with van der Waals surface area (Å²) in [6.45, 7) is 1.95. The molecule has 4 rings (SSSR count). The Morgan fingerprint density at radius 1 is 1.09 bits per heavy atom. The van der Waals surface area contributed by atoms with Crippen molar-refractivity contribution >= 4 is 33.9 Å². The van der Waals surface area contributed by atoms with Crippen LogP contribution in [-0.2, 0) is 0 Å². The number of anilines is 3. The fraction of sp³-hybridized carbons (Fsp3) is 0.0556. The predicted octanol–water partition coefficient (Wildman–Crippen LogP) is 4.26. The van der Waals surface area contributed by atoms with Gasteiger partial charge in [0.1, 0.15) is 11.6 Å². The first-order chi connectivity index (χ1) is 11.1. The van der Waals surface area contributed by atoms with E-state index in [0.717, 1.165) is 33.7 Å². The quantitative estimate of drug-likeness (QED) is 0.582. The molecule has 4 aromatic rings. The number of nitrogens with zero attached hydrogens (tertiary/aromatic N) is 2. The first-order valence-electron chi connectivity index (χ1n) is 7.32. The molecule has 5 heteroatoms. The topological polar surface area (TPSA) is 55.3 Å². The summed E-state index contributed by atoms with van der Waals surface area (Å²) in [7, 11) is 0. The summed E-state index contributed by atoms with van der Waals surface area (Å²) >= 11 is 0. The van der Waals surface area contributed by atoms with E-state index >= 15 is 0 Å². The number of fused-ring (bicyclic) bond motifs is 3. The highest BCUT2D eigenvalue weighted by Crippen LogP contribution is 2.29. The van der Waals surface area contributed by atoms with Crippen molar-refractivity contribution in [3.8, 4) is 0 Å². The van der Waals surface area contributed by atoms with Crippen molar-refractivity contribution in [1.82, 2.24) is 9.38 Å². The molecule has 0 atom stereocenters. The second-order valence-electron chi connectivity index (χ2n) is 5.52. The zero-order chi connectivity index (χ0) is 16.0. The van der Waals surface area contributed by atoms with E-state index in [9.17, 15) is 4.39 Å². The van der Waals surface area contributed by atoms with Crippen LogP contribution in [0.25, 0.3) is 16.7 Å². The Labute approximate surface area is 132 Å². The van der Waals surface area contributed by atoms with Crippen LogP contribution < -0.4 is 11.1 Å². The molecule has 0 radical (unpaired) electrons. The SMILES string of the molecule is Cc1cc(Nc2ccc(F)cc2)n2c(nc3ccccc32)c1N. The van der Waals surface area contributed by atoms with Gasteiger partial charge in [-0.3, -0.25) is 4.40 Å². The van der Waals surface area contributed by atoms with Gasteiger partial charge in [-0.15, -0.1) is 0 Å². The molecule has 0 aliphatic carbocycles. The average Bonchev–Trinajstić information content (AvgIpc) is 2.94. The number of hydrogen-bond donors (Lipinski definition) is 2. The highest BCUT2D eigenvalue weighted by atomic mass is 19.1. The van der Waals surface area contributed by atoms with Crippen molar-refractivity contribution in [3.63, 3.8) is 0 Å². The Kier molecular flexibility index (Phi) is 2.94. The number of pyridine rings is 1. The third-order valence-corrected chi connectivity index (χ3v) is 3.94. The van der Waals surface area contributed by atoms with E-state index in [1.807, 2.05) is 41.7 Å². The van der Waals surface area contributed by atoms with E-state index in [2.05, 4.69) is 10.3 Å². The zero-order valence-electron chi connectivity index (χ0n) is 12.5. The molecule has 3 N–H and O–H groups in total. The summed E-state index contributed by atoms with van der Waals surface area (Å²) in [5.41, 5.74) is 11.2. The number of aryl methyl sites for hydroxylation is 1. The van der Waals surface area contributed by atoms with E-state index < -0.39 is 0 Å². The van der Waals surface area contributed by atoms with E-state index in [0.29, 0.717) is 5.69 Å². The third kappa shape index (κ3) is 2.17. The van der Waals surface area contributed by atoms with E-state index in [-0.39, 0.29) is 5.82 Å². The predicted molar refractivity (Wildman–Crippen MR) is 91.5 cm³/mol. The van der Waals surface area contributed by atoms with Crippen LogP contribution in [0.3, 0.4) is 0 Å². The third-order valence-electron chi connectivity index (χ3n) is 3.94. The molecule has 0 aliphatic heterocycles. The monoisotopic (exact) mass is 306 g/mol. The van der Waals surface area contributed by atoms with Gasteiger partial charge in [-0.05, 0) is 55.0 Å². The first-order valence-corrected chi connectivity index (χ1v) is 7.32. The Morgan fingerprint density at radius 3 is 2.61 bits per heavy atom. The summed E-state index contributed by atoms with van der Waals surface area (Å²) in [6, 6.07) is 16.1. The Bertz CT molecular complexity index is 1020. The molecule has 2 aromatic carbocycles. The number of para-hydroxylation sites is 2. The molecule has 23 heavy (non-hydrogen) atoms. The lowest BCUT2D eigenvalue weighted by atomic mass is 10.2. The van der Waals surface area contributed by atoms with Crippen molar-refractivity contribution in [2.45, 2.75) is 6.92 Å². The zero-order valence-corrected chi connectivity index (χ0v) is 12.5. The highest BCUT2D eigenvalue weighted by molar-refractivity contribution is 5.88. The summed E-state index contributed by atoms with van der Waals surface area (Å²) in [5.74, 6) is 0.578. The highest BCUT2D eigenvalue weighted by Gasteiger charge is 2.13. The number of imidazole rings is 1. The van der Waals surface area contributed by atoms with Crippen LogP contribution in [-0.4, -0.2) is 9.38 Å². The fourth-order valence-corrected chi connectivity index (χ4v) is 2.75. The molecular weight excluding hydrogens is 291 g/mol. The van der Waals surface area contributed by atoms with Gasteiger partial charge in [0.05, 0.1) is 16.7 Å². The summed E-state index contributed by atoms with van der Waals surface area (Å²) in [6.07, 6.45) is 0. The number of aromatic nitrogens is 2. The summed E-state index contributed by atoms with van der Waals surface area (Å²) < 4.78 is 15.1. The van der Waals surface area contributed by atoms with Crippen LogP contribution in [0.15, 0.2) is 54.6 Å². The van der Waals surface area contributed by atoms with Gasteiger partial charge in [-0.1, -0.05) is 12.1 Å². The minimum atomic E-state index is -0.262. The van der Waals surface area contributed by atoms with Crippen molar-refractivity contribution in [1.29, 1.82) is 0 Å². The molecule has 0 saturated heterocycles. The molecule has 0 bridgehead atoms. The van der Waals surface area contributed by atoms with Gasteiger partial charge < -0.3 is 11.1 Å². The molecular formula is C18H15FN4. The first kappa shape index (κ1) is 13.6. The second kappa shape index (κ2) is 4.98. The van der Waals surface area contributed by atoms with Crippen LogP contribution in [0.2, 0.25) is 0 Å². The van der Waals surface area contributed by atoms with E-state index in [1.54, 1.807) is 12.1 Å². The normalized spacial score (nSPS) is 11.2. The van der Waals surface area contributed by atoms with E-state index in [1.165, 1.54) is 12.1 Å². The van der Waals surface area contributed by atoms with Crippen LogP contribution in [0.4, 0.5) is 21.6 Å². The van der Waals surface area contributed by atoms with Crippen molar-refractivity contribution < 1.29 is 4.39 Å². The number of benzene rings is 2. The molecule has 4 nitrogen and oxygen atoms in total.